The van der Waals surface area contributed by atoms with E-state index in [1.165, 1.54) is 19.3 Å². The van der Waals surface area contributed by atoms with E-state index in [2.05, 4.69) is 24.1 Å². The molecule has 1 fully saturated rings. The first-order chi connectivity index (χ1) is 8.77. The standard InChI is InChI=1S/C14H29N3O/c1-3-16(4-2)13-10-15-9-8-14(18)17-11-6-5-7-12-17/h15H,3-13H2,1-2H3. The third-order valence-corrected chi connectivity index (χ3v) is 3.72. The van der Waals surface area contributed by atoms with Gasteiger partial charge in [0.1, 0.15) is 0 Å². The Hall–Kier alpha value is -0.610. The van der Waals surface area contributed by atoms with Gasteiger partial charge in [-0.3, -0.25) is 4.79 Å². The zero-order valence-electron chi connectivity index (χ0n) is 12.1. The highest BCUT2D eigenvalue weighted by atomic mass is 16.2. The minimum absolute atomic E-state index is 0.324. The van der Waals surface area contributed by atoms with Crippen LogP contribution < -0.4 is 5.32 Å². The monoisotopic (exact) mass is 255 g/mol. The summed E-state index contributed by atoms with van der Waals surface area (Å²) < 4.78 is 0. The van der Waals surface area contributed by atoms with Crippen LogP contribution in [0.15, 0.2) is 0 Å². The molecule has 1 aliphatic heterocycles. The van der Waals surface area contributed by atoms with Crippen LogP contribution in [0.3, 0.4) is 0 Å². The molecule has 18 heavy (non-hydrogen) atoms. The van der Waals surface area contributed by atoms with Crippen molar-refractivity contribution in [2.45, 2.75) is 39.5 Å². The van der Waals surface area contributed by atoms with Gasteiger partial charge in [0.05, 0.1) is 0 Å². The van der Waals surface area contributed by atoms with Crippen molar-refractivity contribution in [3.8, 4) is 0 Å². The lowest BCUT2D eigenvalue weighted by atomic mass is 10.1. The number of piperidine rings is 1. The number of rotatable bonds is 8. The molecule has 0 aromatic carbocycles. The van der Waals surface area contributed by atoms with Gasteiger partial charge in [0.2, 0.25) is 5.91 Å². The molecule has 1 N–H and O–H groups in total. The quantitative estimate of drug-likeness (QED) is 0.665. The van der Waals surface area contributed by atoms with Gasteiger partial charge in [0.25, 0.3) is 0 Å². The van der Waals surface area contributed by atoms with Gasteiger partial charge in [-0.1, -0.05) is 13.8 Å². The van der Waals surface area contributed by atoms with Crippen molar-refractivity contribution in [2.24, 2.45) is 0 Å². The lowest BCUT2D eigenvalue weighted by molar-refractivity contribution is -0.131. The number of hydrogen-bond donors (Lipinski definition) is 1. The van der Waals surface area contributed by atoms with Gasteiger partial charge in [-0.05, 0) is 32.4 Å². The van der Waals surface area contributed by atoms with Crippen molar-refractivity contribution >= 4 is 5.91 Å². The largest absolute Gasteiger partial charge is 0.343 e. The molecule has 1 rings (SSSR count). The molecule has 1 saturated heterocycles. The first kappa shape index (κ1) is 15.4. The molecule has 0 saturated carbocycles. The van der Waals surface area contributed by atoms with Gasteiger partial charge < -0.3 is 15.1 Å². The summed E-state index contributed by atoms with van der Waals surface area (Å²) in [6.45, 7) is 11.4. The molecule has 0 aromatic heterocycles. The normalized spacial score (nSPS) is 16.3. The van der Waals surface area contributed by atoms with Gasteiger partial charge >= 0.3 is 0 Å². The maximum absolute atomic E-state index is 11.9. The maximum Gasteiger partial charge on any atom is 0.223 e. The minimum atomic E-state index is 0.324. The van der Waals surface area contributed by atoms with Crippen molar-refractivity contribution in [2.75, 3.05) is 45.8 Å². The second-order valence-corrected chi connectivity index (χ2v) is 4.97. The van der Waals surface area contributed by atoms with E-state index in [1.807, 2.05) is 4.90 Å². The number of amides is 1. The third kappa shape index (κ3) is 5.83. The van der Waals surface area contributed by atoms with Crippen LogP contribution in [-0.4, -0.2) is 61.5 Å². The van der Waals surface area contributed by atoms with Crippen LogP contribution in [0, 0.1) is 0 Å². The Morgan fingerprint density at radius 3 is 2.39 bits per heavy atom. The molecule has 4 heteroatoms. The van der Waals surface area contributed by atoms with Crippen molar-refractivity contribution in [1.29, 1.82) is 0 Å². The molecule has 0 aromatic rings. The van der Waals surface area contributed by atoms with E-state index in [9.17, 15) is 4.79 Å². The molecule has 0 aliphatic carbocycles. The topological polar surface area (TPSA) is 35.6 Å². The van der Waals surface area contributed by atoms with E-state index in [1.54, 1.807) is 0 Å². The molecule has 0 unspecified atom stereocenters. The van der Waals surface area contributed by atoms with Gasteiger partial charge in [0, 0.05) is 39.1 Å². The molecular formula is C14H29N3O. The summed E-state index contributed by atoms with van der Waals surface area (Å²) >= 11 is 0. The molecule has 106 valence electrons. The predicted octanol–water partition coefficient (Wildman–Crippen LogP) is 1.32. The fourth-order valence-electron chi connectivity index (χ4n) is 2.40. The van der Waals surface area contributed by atoms with Crippen LogP contribution in [0.1, 0.15) is 39.5 Å². The summed E-state index contributed by atoms with van der Waals surface area (Å²) in [7, 11) is 0. The molecule has 0 atom stereocenters. The number of likely N-dealkylation sites (N-methyl/N-ethyl adjacent to an activating group) is 1. The van der Waals surface area contributed by atoms with Gasteiger partial charge in [-0.15, -0.1) is 0 Å². The molecule has 1 heterocycles. The van der Waals surface area contributed by atoms with E-state index < -0.39 is 0 Å². The number of nitrogens with zero attached hydrogens (tertiary/aromatic N) is 2. The number of carbonyl (C=O) groups excluding carboxylic acids is 1. The van der Waals surface area contributed by atoms with E-state index in [4.69, 9.17) is 0 Å². The zero-order valence-corrected chi connectivity index (χ0v) is 12.1. The van der Waals surface area contributed by atoms with Crippen LogP contribution in [0.5, 0.6) is 0 Å². The van der Waals surface area contributed by atoms with Gasteiger partial charge in [-0.2, -0.15) is 0 Å². The molecule has 4 nitrogen and oxygen atoms in total. The molecule has 0 bridgehead atoms. The Labute approximate surface area is 112 Å². The third-order valence-electron chi connectivity index (χ3n) is 3.72. The summed E-state index contributed by atoms with van der Waals surface area (Å²) in [4.78, 5) is 16.3. The van der Waals surface area contributed by atoms with Crippen molar-refractivity contribution in [3.05, 3.63) is 0 Å². The van der Waals surface area contributed by atoms with Crippen LogP contribution >= 0.6 is 0 Å². The first-order valence-corrected chi connectivity index (χ1v) is 7.48. The Balaban J connectivity index is 2.01. The van der Waals surface area contributed by atoms with E-state index >= 15 is 0 Å². The average Bonchev–Trinajstić information content (AvgIpc) is 2.43. The molecular weight excluding hydrogens is 226 g/mol. The second-order valence-electron chi connectivity index (χ2n) is 4.97. The fraction of sp³-hybridized carbons (Fsp3) is 0.929. The Morgan fingerprint density at radius 1 is 1.11 bits per heavy atom. The summed E-state index contributed by atoms with van der Waals surface area (Å²) in [6.07, 6.45) is 4.30. The number of carbonyl (C=O) groups is 1. The Bertz CT molecular complexity index is 223. The number of likely N-dealkylation sites (tertiary alicyclic amines) is 1. The highest BCUT2D eigenvalue weighted by molar-refractivity contribution is 5.76. The van der Waals surface area contributed by atoms with Gasteiger partial charge in [0.15, 0.2) is 0 Å². The van der Waals surface area contributed by atoms with E-state index in [-0.39, 0.29) is 0 Å². The van der Waals surface area contributed by atoms with Crippen molar-refractivity contribution < 1.29 is 4.79 Å². The minimum Gasteiger partial charge on any atom is -0.343 e. The SMILES string of the molecule is CCN(CC)CCNCCC(=O)N1CCCCC1. The maximum atomic E-state index is 11.9. The lowest BCUT2D eigenvalue weighted by Gasteiger charge is -2.26. The number of nitrogens with one attached hydrogen (secondary N) is 1. The summed E-state index contributed by atoms with van der Waals surface area (Å²) in [6, 6.07) is 0. The highest BCUT2D eigenvalue weighted by Crippen LogP contribution is 2.09. The summed E-state index contributed by atoms with van der Waals surface area (Å²) in [5.74, 6) is 0.324. The molecule has 1 aliphatic rings. The van der Waals surface area contributed by atoms with Gasteiger partial charge in [-0.25, -0.2) is 0 Å². The Morgan fingerprint density at radius 2 is 1.78 bits per heavy atom. The number of hydrogen-bond acceptors (Lipinski definition) is 3. The molecule has 0 spiro atoms. The highest BCUT2D eigenvalue weighted by Gasteiger charge is 2.15. The first-order valence-electron chi connectivity index (χ1n) is 7.48. The van der Waals surface area contributed by atoms with E-state index in [0.29, 0.717) is 12.3 Å². The second kappa shape index (κ2) is 9.34. The van der Waals surface area contributed by atoms with E-state index in [0.717, 1.165) is 45.8 Å². The van der Waals surface area contributed by atoms with Crippen LogP contribution in [-0.2, 0) is 4.79 Å². The van der Waals surface area contributed by atoms with Crippen LogP contribution in [0.4, 0.5) is 0 Å². The van der Waals surface area contributed by atoms with Crippen LogP contribution in [0.2, 0.25) is 0 Å². The summed E-state index contributed by atoms with van der Waals surface area (Å²) in [5.41, 5.74) is 0. The Kier molecular flexibility index (Phi) is 8.01. The van der Waals surface area contributed by atoms with Crippen molar-refractivity contribution in [1.82, 2.24) is 15.1 Å². The zero-order chi connectivity index (χ0) is 13.2. The molecule has 1 amide bonds. The smallest absolute Gasteiger partial charge is 0.223 e. The lowest BCUT2D eigenvalue weighted by Crippen LogP contribution is -2.38. The average molecular weight is 255 g/mol. The van der Waals surface area contributed by atoms with Crippen LogP contribution in [0.25, 0.3) is 0 Å². The summed E-state index contributed by atoms with van der Waals surface area (Å²) in [5, 5.41) is 3.37. The van der Waals surface area contributed by atoms with Crippen molar-refractivity contribution in [3.63, 3.8) is 0 Å². The predicted molar refractivity (Wildman–Crippen MR) is 75.7 cm³/mol. The fourth-order valence-corrected chi connectivity index (χ4v) is 2.40. The molecule has 0 radical (unpaired) electrons.